The summed E-state index contributed by atoms with van der Waals surface area (Å²) in [4.78, 5) is 12.4. The van der Waals surface area contributed by atoms with Crippen molar-refractivity contribution in [3.05, 3.63) is 56.5 Å². The van der Waals surface area contributed by atoms with Crippen LogP contribution in [0.1, 0.15) is 36.0 Å². The first-order chi connectivity index (χ1) is 11.1. The van der Waals surface area contributed by atoms with Gasteiger partial charge in [-0.3, -0.25) is 9.36 Å². The zero-order valence-electron chi connectivity index (χ0n) is 13.2. The average molecular weight is 326 g/mol. The van der Waals surface area contributed by atoms with E-state index in [1.54, 1.807) is 4.57 Å². The Hall–Kier alpha value is -2.21. The van der Waals surface area contributed by atoms with Crippen LogP contribution in [0.25, 0.3) is 11.3 Å². The lowest BCUT2D eigenvalue weighted by Gasteiger charge is -2.10. The minimum atomic E-state index is 0.0409. The van der Waals surface area contributed by atoms with E-state index >= 15 is 0 Å². The third kappa shape index (κ3) is 2.53. The van der Waals surface area contributed by atoms with Crippen LogP contribution in [-0.4, -0.2) is 19.3 Å². The molecule has 1 aliphatic carbocycles. The molecule has 0 radical (unpaired) electrons. The summed E-state index contributed by atoms with van der Waals surface area (Å²) in [7, 11) is 1.99. The van der Waals surface area contributed by atoms with Gasteiger partial charge in [0.1, 0.15) is 5.82 Å². The van der Waals surface area contributed by atoms with Crippen LogP contribution in [0, 0.1) is 6.92 Å². The molecule has 1 aromatic carbocycles. The molecular formula is C17H18N4OS. The van der Waals surface area contributed by atoms with Gasteiger partial charge in [0.05, 0.1) is 12.2 Å². The van der Waals surface area contributed by atoms with Crippen molar-refractivity contribution in [1.29, 1.82) is 0 Å². The van der Waals surface area contributed by atoms with Gasteiger partial charge in [0.2, 0.25) is 0 Å². The molecule has 1 fully saturated rings. The lowest BCUT2D eigenvalue weighted by Crippen LogP contribution is -2.18. The number of thiazole rings is 1. The summed E-state index contributed by atoms with van der Waals surface area (Å²) < 4.78 is 3.84. The molecule has 0 bridgehead atoms. The first kappa shape index (κ1) is 14.4. The Morgan fingerprint density at radius 2 is 2.04 bits per heavy atom. The zero-order valence-corrected chi connectivity index (χ0v) is 14.0. The van der Waals surface area contributed by atoms with Crippen molar-refractivity contribution < 1.29 is 0 Å². The Morgan fingerprint density at radius 3 is 2.78 bits per heavy atom. The highest BCUT2D eigenvalue weighted by Gasteiger charge is 2.29. The van der Waals surface area contributed by atoms with Gasteiger partial charge in [-0.2, -0.15) is 0 Å². The fraction of sp³-hybridized carbons (Fsp3) is 0.353. The number of hydrogen-bond donors (Lipinski definition) is 0. The molecule has 0 amide bonds. The van der Waals surface area contributed by atoms with Crippen LogP contribution >= 0.6 is 11.3 Å². The van der Waals surface area contributed by atoms with Gasteiger partial charge < -0.3 is 4.57 Å². The number of rotatable bonds is 4. The topological polar surface area (TPSA) is 52.7 Å². The predicted octanol–water partition coefficient (Wildman–Crippen LogP) is 2.94. The van der Waals surface area contributed by atoms with Gasteiger partial charge in [0, 0.05) is 23.9 Å². The van der Waals surface area contributed by atoms with Crippen LogP contribution in [0.4, 0.5) is 0 Å². The van der Waals surface area contributed by atoms with Crippen molar-refractivity contribution in [2.45, 2.75) is 32.2 Å². The zero-order chi connectivity index (χ0) is 16.0. The van der Waals surface area contributed by atoms with Gasteiger partial charge in [0.15, 0.2) is 5.82 Å². The minimum absolute atomic E-state index is 0.0409. The molecular weight excluding hydrogens is 308 g/mol. The van der Waals surface area contributed by atoms with E-state index in [2.05, 4.69) is 29.3 Å². The summed E-state index contributed by atoms with van der Waals surface area (Å²) in [6.45, 7) is 2.53. The highest BCUT2D eigenvalue weighted by atomic mass is 32.1. The van der Waals surface area contributed by atoms with E-state index in [0.29, 0.717) is 12.5 Å². The number of aryl methyl sites for hydroxylation is 1. The van der Waals surface area contributed by atoms with Crippen molar-refractivity contribution >= 4 is 11.3 Å². The van der Waals surface area contributed by atoms with E-state index in [4.69, 9.17) is 0 Å². The molecule has 1 aliphatic rings. The second-order valence-electron chi connectivity index (χ2n) is 6.10. The highest BCUT2D eigenvalue weighted by molar-refractivity contribution is 7.07. The Kier molecular flexibility index (Phi) is 3.41. The van der Waals surface area contributed by atoms with Gasteiger partial charge >= 0.3 is 4.87 Å². The van der Waals surface area contributed by atoms with E-state index < -0.39 is 0 Å². The van der Waals surface area contributed by atoms with Crippen LogP contribution in [0.2, 0.25) is 0 Å². The second kappa shape index (κ2) is 5.45. The molecule has 118 valence electrons. The van der Waals surface area contributed by atoms with Crippen LogP contribution < -0.4 is 4.87 Å². The maximum atomic E-state index is 12.3. The summed E-state index contributed by atoms with van der Waals surface area (Å²) >= 11 is 1.24. The number of aromatic nitrogens is 4. The Morgan fingerprint density at radius 1 is 1.26 bits per heavy atom. The first-order valence-electron chi connectivity index (χ1n) is 7.77. The Balaban J connectivity index is 1.74. The molecule has 2 aromatic heterocycles. The third-order valence-electron chi connectivity index (χ3n) is 4.44. The normalized spacial score (nSPS) is 14.3. The van der Waals surface area contributed by atoms with Gasteiger partial charge in [-0.25, -0.2) is 0 Å². The van der Waals surface area contributed by atoms with Crippen molar-refractivity contribution in [2.24, 2.45) is 7.05 Å². The van der Waals surface area contributed by atoms with Crippen LogP contribution in [0.5, 0.6) is 0 Å². The predicted molar refractivity (Wildman–Crippen MR) is 90.8 cm³/mol. The van der Waals surface area contributed by atoms with Crippen LogP contribution in [-0.2, 0) is 13.6 Å². The molecule has 4 rings (SSSR count). The molecule has 3 aromatic rings. The van der Waals surface area contributed by atoms with E-state index in [-0.39, 0.29) is 4.87 Å². The largest absolute Gasteiger partial charge is 0.316 e. The SMILES string of the molecule is Cc1ccccc1-c1csc(=O)n1Cc1nnc(C2CC2)n1C. The minimum Gasteiger partial charge on any atom is -0.316 e. The molecule has 6 heteroatoms. The molecule has 0 saturated heterocycles. The molecule has 0 spiro atoms. The van der Waals surface area contributed by atoms with Crippen molar-refractivity contribution in [1.82, 2.24) is 19.3 Å². The first-order valence-corrected chi connectivity index (χ1v) is 8.65. The smallest absolute Gasteiger partial charge is 0.307 e. The average Bonchev–Trinajstić information content (AvgIpc) is 3.24. The van der Waals surface area contributed by atoms with Gasteiger partial charge in [0.25, 0.3) is 0 Å². The lowest BCUT2D eigenvalue weighted by molar-refractivity contribution is 0.680. The number of hydrogen-bond acceptors (Lipinski definition) is 4. The molecule has 1 saturated carbocycles. The quantitative estimate of drug-likeness (QED) is 0.741. The van der Waals surface area contributed by atoms with Crippen molar-refractivity contribution in [3.63, 3.8) is 0 Å². The number of nitrogens with zero attached hydrogens (tertiary/aromatic N) is 4. The van der Waals surface area contributed by atoms with Crippen molar-refractivity contribution in [3.8, 4) is 11.3 Å². The highest BCUT2D eigenvalue weighted by Crippen LogP contribution is 2.38. The maximum Gasteiger partial charge on any atom is 0.307 e. The molecule has 2 heterocycles. The van der Waals surface area contributed by atoms with Gasteiger partial charge in [-0.1, -0.05) is 35.6 Å². The van der Waals surface area contributed by atoms with E-state index in [9.17, 15) is 4.79 Å². The fourth-order valence-electron chi connectivity index (χ4n) is 2.90. The Bertz CT molecular complexity index is 917. The van der Waals surface area contributed by atoms with E-state index in [1.807, 2.05) is 29.1 Å². The Labute approximate surface area is 138 Å². The summed E-state index contributed by atoms with van der Waals surface area (Å²) in [6.07, 6.45) is 2.39. The molecule has 0 unspecified atom stereocenters. The lowest BCUT2D eigenvalue weighted by atomic mass is 10.1. The summed E-state index contributed by atoms with van der Waals surface area (Å²) in [5.74, 6) is 2.43. The maximum absolute atomic E-state index is 12.3. The molecule has 0 N–H and O–H groups in total. The van der Waals surface area contributed by atoms with E-state index in [1.165, 1.54) is 24.2 Å². The number of benzene rings is 1. The summed E-state index contributed by atoms with van der Waals surface area (Å²) in [5.41, 5.74) is 3.21. The van der Waals surface area contributed by atoms with Crippen molar-refractivity contribution in [2.75, 3.05) is 0 Å². The van der Waals surface area contributed by atoms with Crippen LogP contribution in [0.3, 0.4) is 0 Å². The van der Waals surface area contributed by atoms with E-state index in [0.717, 1.165) is 28.5 Å². The molecule has 5 nitrogen and oxygen atoms in total. The van der Waals surface area contributed by atoms with Crippen LogP contribution in [0.15, 0.2) is 34.4 Å². The summed E-state index contributed by atoms with van der Waals surface area (Å²) in [6, 6.07) is 8.13. The summed E-state index contributed by atoms with van der Waals surface area (Å²) in [5, 5.41) is 10.6. The fourth-order valence-corrected chi connectivity index (χ4v) is 3.66. The molecule has 0 atom stereocenters. The molecule has 23 heavy (non-hydrogen) atoms. The molecule has 0 aliphatic heterocycles. The van der Waals surface area contributed by atoms with Gasteiger partial charge in [-0.15, -0.1) is 10.2 Å². The van der Waals surface area contributed by atoms with Gasteiger partial charge in [-0.05, 0) is 25.3 Å². The monoisotopic (exact) mass is 326 g/mol. The standard InChI is InChI=1S/C17H18N4OS/c1-11-5-3-4-6-13(11)14-10-23-17(22)21(14)9-15-18-19-16(20(15)2)12-7-8-12/h3-6,10,12H,7-9H2,1-2H3. The second-order valence-corrected chi connectivity index (χ2v) is 6.92. The third-order valence-corrected chi connectivity index (χ3v) is 5.21.